The van der Waals surface area contributed by atoms with Crippen molar-refractivity contribution in [1.82, 2.24) is 15.0 Å². The van der Waals surface area contributed by atoms with Gasteiger partial charge < -0.3 is 4.90 Å². The van der Waals surface area contributed by atoms with E-state index in [1.165, 1.54) is 11.8 Å². The molecule has 1 aliphatic rings. The molecule has 0 fully saturated rings. The number of aryl methyl sites for hydroxylation is 1. The second-order valence-electron chi connectivity index (χ2n) is 6.93. The molecule has 2 aromatic heterocycles. The van der Waals surface area contributed by atoms with Gasteiger partial charge in [-0.25, -0.2) is 18.4 Å². The molecular weight excluding hydrogens is 372 g/mol. The Hall–Kier alpha value is -2.80. The van der Waals surface area contributed by atoms with Gasteiger partial charge in [0.2, 0.25) is 0 Å². The minimum atomic E-state index is -3.19. The number of hydrogen-bond donors (Lipinski definition) is 0. The van der Waals surface area contributed by atoms with E-state index in [0.717, 1.165) is 48.7 Å². The van der Waals surface area contributed by atoms with Crippen molar-refractivity contribution in [3.8, 4) is 11.5 Å². The van der Waals surface area contributed by atoms with Crippen molar-refractivity contribution in [2.75, 3.05) is 17.7 Å². The molecule has 3 aromatic rings. The monoisotopic (exact) mass is 394 g/mol. The van der Waals surface area contributed by atoms with Crippen LogP contribution in [-0.2, 0) is 29.2 Å². The predicted molar refractivity (Wildman–Crippen MR) is 109 cm³/mol. The van der Waals surface area contributed by atoms with Gasteiger partial charge in [-0.05, 0) is 42.8 Å². The SMILES string of the molecule is CCc1nc(-c2ccccn2)nc2c1CN(c1ccc(S(C)(=O)=O)cc1)CC2. The topological polar surface area (TPSA) is 76.1 Å². The summed E-state index contributed by atoms with van der Waals surface area (Å²) in [6, 6.07) is 12.8. The van der Waals surface area contributed by atoms with Gasteiger partial charge in [0, 0.05) is 48.9 Å². The molecule has 0 saturated heterocycles. The zero-order valence-electron chi connectivity index (χ0n) is 16.0. The summed E-state index contributed by atoms with van der Waals surface area (Å²) < 4.78 is 23.4. The summed E-state index contributed by atoms with van der Waals surface area (Å²) in [4.78, 5) is 16.5. The van der Waals surface area contributed by atoms with Crippen LogP contribution in [0, 0.1) is 0 Å². The van der Waals surface area contributed by atoms with Gasteiger partial charge in [0.05, 0.1) is 10.6 Å². The van der Waals surface area contributed by atoms with Crippen LogP contribution in [0.4, 0.5) is 5.69 Å². The first-order valence-electron chi connectivity index (χ1n) is 9.31. The Balaban J connectivity index is 1.65. The third kappa shape index (κ3) is 3.62. The molecular formula is C21H22N4O2S. The number of anilines is 1. The lowest BCUT2D eigenvalue weighted by Crippen LogP contribution is -2.32. The van der Waals surface area contributed by atoms with Crippen molar-refractivity contribution in [1.29, 1.82) is 0 Å². The van der Waals surface area contributed by atoms with Gasteiger partial charge in [0.1, 0.15) is 5.69 Å². The summed E-state index contributed by atoms with van der Waals surface area (Å²) in [5.41, 5.74) is 5.09. The van der Waals surface area contributed by atoms with Crippen LogP contribution in [0.5, 0.6) is 0 Å². The molecule has 0 aliphatic carbocycles. The van der Waals surface area contributed by atoms with E-state index in [4.69, 9.17) is 9.97 Å². The van der Waals surface area contributed by atoms with E-state index >= 15 is 0 Å². The number of fused-ring (bicyclic) bond motifs is 1. The van der Waals surface area contributed by atoms with Crippen LogP contribution in [0.15, 0.2) is 53.6 Å². The normalized spacial score (nSPS) is 14.0. The summed E-state index contributed by atoms with van der Waals surface area (Å²) in [6.45, 7) is 3.65. The van der Waals surface area contributed by atoms with Crippen LogP contribution in [0.2, 0.25) is 0 Å². The summed E-state index contributed by atoms with van der Waals surface area (Å²) in [6.07, 6.45) is 4.62. The minimum absolute atomic E-state index is 0.339. The van der Waals surface area contributed by atoms with E-state index in [2.05, 4.69) is 16.8 Å². The van der Waals surface area contributed by atoms with Crippen LogP contribution in [0.3, 0.4) is 0 Å². The molecule has 1 aliphatic heterocycles. The number of sulfone groups is 1. The Labute approximate surface area is 165 Å². The maximum absolute atomic E-state index is 11.7. The Kier molecular flexibility index (Phi) is 4.85. The molecule has 0 N–H and O–H groups in total. The first-order chi connectivity index (χ1) is 13.5. The van der Waals surface area contributed by atoms with Gasteiger partial charge in [-0.1, -0.05) is 13.0 Å². The van der Waals surface area contributed by atoms with Gasteiger partial charge >= 0.3 is 0 Å². The quantitative estimate of drug-likeness (QED) is 0.677. The van der Waals surface area contributed by atoms with E-state index < -0.39 is 9.84 Å². The first kappa shape index (κ1) is 18.6. The molecule has 6 nitrogen and oxygen atoms in total. The highest BCUT2D eigenvalue weighted by atomic mass is 32.2. The molecule has 0 radical (unpaired) electrons. The van der Waals surface area contributed by atoms with Crippen molar-refractivity contribution in [2.45, 2.75) is 31.2 Å². The molecule has 0 atom stereocenters. The average Bonchev–Trinajstić information content (AvgIpc) is 2.72. The van der Waals surface area contributed by atoms with Crippen LogP contribution >= 0.6 is 0 Å². The minimum Gasteiger partial charge on any atom is -0.367 e. The molecule has 7 heteroatoms. The van der Waals surface area contributed by atoms with Gasteiger partial charge in [-0.3, -0.25) is 4.98 Å². The Morgan fingerprint density at radius 3 is 2.50 bits per heavy atom. The molecule has 0 unspecified atom stereocenters. The smallest absolute Gasteiger partial charge is 0.178 e. The maximum atomic E-state index is 11.7. The largest absolute Gasteiger partial charge is 0.367 e. The number of pyridine rings is 1. The predicted octanol–water partition coefficient (Wildman–Crippen LogP) is 3.07. The Bertz CT molecular complexity index is 1080. The molecule has 144 valence electrons. The number of benzene rings is 1. The molecule has 0 bridgehead atoms. The van der Waals surface area contributed by atoms with Crippen molar-refractivity contribution < 1.29 is 8.42 Å². The zero-order chi connectivity index (χ0) is 19.7. The lowest BCUT2D eigenvalue weighted by molar-refractivity contribution is 0.602. The van der Waals surface area contributed by atoms with Gasteiger partial charge in [0.15, 0.2) is 15.7 Å². The fraction of sp³-hybridized carbons (Fsp3) is 0.286. The molecule has 28 heavy (non-hydrogen) atoms. The highest BCUT2D eigenvalue weighted by molar-refractivity contribution is 7.90. The number of nitrogens with zero attached hydrogens (tertiary/aromatic N) is 4. The zero-order valence-corrected chi connectivity index (χ0v) is 16.8. The summed E-state index contributed by atoms with van der Waals surface area (Å²) in [7, 11) is -3.19. The molecule has 4 rings (SSSR count). The summed E-state index contributed by atoms with van der Waals surface area (Å²) in [5.74, 6) is 0.683. The maximum Gasteiger partial charge on any atom is 0.178 e. The first-order valence-corrected chi connectivity index (χ1v) is 11.2. The molecule has 0 spiro atoms. The second-order valence-corrected chi connectivity index (χ2v) is 8.94. The van der Waals surface area contributed by atoms with Crippen molar-refractivity contribution >= 4 is 15.5 Å². The Morgan fingerprint density at radius 2 is 1.86 bits per heavy atom. The molecule has 1 aromatic carbocycles. The lowest BCUT2D eigenvalue weighted by atomic mass is 10.0. The number of hydrogen-bond acceptors (Lipinski definition) is 6. The van der Waals surface area contributed by atoms with Crippen LogP contribution in [0.25, 0.3) is 11.5 Å². The molecule has 0 amide bonds. The highest BCUT2D eigenvalue weighted by Gasteiger charge is 2.23. The summed E-state index contributed by atoms with van der Waals surface area (Å²) in [5, 5.41) is 0. The van der Waals surface area contributed by atoms with E-state index in [0.29, 0.717) is 10.7 Å². The van der Waals surface area contributed by atoms with Gasteiger partial charge in [0.25, 0.3) is 0 Å². The van der Waals surface area contributed by atoms with Crippen molar-refractivity contribution in [3.63, 3.8) is 0 Å². The van der Waals surface area contributed by atoms with Crippen molar-refractivity contribution in [2.24, 2.45) is 0 Å². The number of aromatic nitrogens is 3. The molecule has 0 saturated carbocycles. The standard InChI is InChI=1S/C21H22N4O2S/c1-3-18-17-14-25(15-7-9-16(10-8-15)28(2,26)27)13-11-19(17)24-21(23-18)20-6-4-5-12-22-20/h4-10,12H,3,11,13-14H2,1-2H3. The molecule has 3 heterocycles. The van der Waals surface area contributed by atoms with Gasteiger partial charge in [-0.15, -0.1) is 0 Å². The van der Waals surface area contributed by atoms with E-state index in [-0.39, 0.29) is 0 Å². The van der Waals surface area contributed by atoms with E-state index in [1.807, 2.05) is 30.3 Å². The number of rotatable bonds is 4. The van der Waals surface area contributed by atoms with Gasteiger partial charge in [-0.2, -0.15) is 0 Å². The Morgan fingerprint density at radius 1 is 1.07 bits per heavy atom. The highest BCUT2D eigenvalue weighted by Crippen LogP contribution is 2.28. The third-order valence-electron chi connectivity index (χ3n) is 5.00. The summed E-state index contributed by atoms with van der Waals surface area (Å²) >= 11 is 0. The van der Waals surface area contributed by atoms with Crippen LogP contribution in [-0.4, -0.2) is 36.2 Å². The fourth-order valence-corrected chi connectivity index (χ4v) is 4.14. The lowest BCUT2D eigenvalue weighted by Gasteiger charge is -2.31. The van der Waals surface area contributed by atoms with Crippen molar-refractivity contribution in [3.05, 3.63) is 65.6 Å². The third-order valence-corrected chi connectivity index (χ3v) is 6.13. The fourth-order valence-electron chi connectivity index (χ4n) is 3.51. The van der Waals surface area contributed by atoms with E-state index in [1.54, 1.807) is 18.3 Å². The van der Waals surface area contributed by atoms with E-state index in [9.17, 15) is 8.42 Å². The van der Waals surface area contributed by atoms with Crippen LogP contribution in [0.1, 0.15) is 23.9 Å². The second kappa shape index (κ2) is 7.31. The average molecular weight is 395 g/mol. The van der Waals surface area contributed by atoms with Crippen LogP contribution < -0.4 is 4.90 Å².